The van der Waals surface area contributed by atoms with E-state index in [9.17, 15) is 16.8 Å². The summed E-state index contributed by atoms with van der Waals surface area (Å²) < 4.78 is 46.9. The van der Waals surface area contributed by atoms with Gasteiger partial charge in [-0.15, -0.1) is 11.3 Å². The van der Waals surface area contributed by atoms with Crippen molar-refractivity contribution in [3.05, 3.63) is 41.3 Å². The van der Waals surface area contributed by atoms with Crippen LogP contribution in [-0.2, 0) is 18.9 Å². The average Bonchev–Trinajstić information content (AvgIpc) is 2.78. The molecule has 1 aromatic carbocycles. The molecule has 0 amide bonds. The van der Waals surface area contributed by atoms with Crippen LogP contribution in [0.2, 0.25) is 0 Å². The number of hydrogen-bond donors (Lipinski definition) is 0. The van der Waals surface area contributed by atoms with Crippen LogP contribution in [-0.4, -0.2) is 16.8 Å². The van der Waals surface area contributed by atoms with Crippen LogP contribution in [0, 0.1) is 6.92 Å². The molecule has 0 bridgehead atoms. The zero-order chi connectivity index (χ0) is 14.3. The van der Waals surface area contributed by atoms with E-state index in [0.717, 1.165) is 17.4 Å². The number of halogens is 1. The highest BCUT2D eigenvalue weighted by Crippen LogP contribution is 2.30. The molecule has 2 rings (SSSR count). The quantitative estimate of drug-likeness (QED) is 0.808. The van der Waals surface area contributed by atoms with E-state index in [1.54, 1.807) is 25.1 Å². The summed E-state index contributed by atoms with van der Waals surface area (Å²) in [5.74, 6) is 0. The third kappa shape index (κ3) is 2.84. The normalized spacial score (nSPS) is 12.5. The molecule has 0 saturated heterocycles. The minimum atomic E-state index is -3.91. The molecule has 8 heteroatoms. The highest BCUT2D eigenvalue weighted by Gasteiger charge is 2.23. The van der Waals surface area contributed by atoms with Gasteiger partial charge in [0.25, 0.3) is 9.05 Å². The van der Waals surface area contributed by atoms with E-state index in [1.165, 1.54) is 11.4 Å². The molecule has 0 aliphatic heterocycles. The minimum absolute atomic E-state index is 0.0639. The summed E-state index contributed by atoms with van der Waals surface area (Å²) in [5.41, 5.74) is 0.601. The molecule has 0 aliphatic carbocycles. The predicted molar refractivity (Wildman–Crippen MR) is 74.0 cm³/mol. The monoisotopic (exact) mass is 336 g/mol. The van der Waals surface area contributed by atoms with Gasteiger partial charge < -0.3 is 0 Å². The van der Waals surface area contributed by atoms with Gasteiger partial charge in [-0.25, -0.2) is 16.8 Å². The smallest absolute Gasteiger partial charge is 0.218 e. The van der Waals surface area contributed by atoms with Gasteiger partial charge in [0.2, 0.25) is 9.84 Å². The molecule has 0 unspecified atom stereocenters. The van der Waals surface area contributed by atoms with Crippen molar-refractivity contribution in [2.24, 2.45) is 0 Å². The largest absolute Gasteiger partial charge is 0.270 e. The zero-order valence-corrected chi connectivity index (χ0v) is 12.9. The van der Waals surface area contributed by atoms with Crippen molar-refractivity contribution in [2.75, 3.05) is 0 Å². The number of hydrogen-bond acceptors (Lipinski definition) is 5. The fourth-order valence-electron chi connectivity index (χ4n) is 1.55. The van der Waals surface area contributed by atoms with Crippen LogP contribution in [0.15, 0.2) is 49.7 Å². The number of aryl methyl sites for hydroxylation is 1. The minimum Gasteiger partial charge on any atom is -0.218 e. The van der Waals surface area contributed by atoms with Crippen molar-refractivity contribution in [1.29, 1.82) is 0 Å². The first-order chi connectivity index (χ1) is 8.73. The maximum Gasteiger partial charge on any atom is 0.270 e. The second kappa shape index (κ2) is 4.90. The highest BCUT2D eigenvalue weighted by atomic mass is 35.7. The molecule has 0 N–H and O–H groups in total. The highest BCUT2D eigenvalue weighted by molar-refractivity contribution is 8.15. The molecule has 1 heterocycles. The van der Waals surface area contributed by atoms with E-state index in [2.05, 4.69) is 0 Å². The van der Waals surface area contributed by atoms with Crippen LogP contribution in [0.5, 0.6) is 0 Å². The summed E-state index contributed by atoms with van der Waals surface area (Å²) in [6.07, 6.45) is 0. The number of sulfone groups is 1. The standard InChI is InChI=1S/C11H9ClO4S3/c1-8-4-2-3-5-10(8)18(13,14)9-6-11(17-7-9)19(12,15)16/h2-7H,1H3. The lowest BCUT2D eigenvalue weighted by atomic mass is 10.2. The third-order valence-corrected chi connectivity index (χ3v) is 7.57. The molecule has 1 aromatic heterocycles. The first-order valence-corrected chi connectivity index (χ1v) is 9.74. The summed E-state index contributed by atoms with van der Waals surface area (Å²) in [7, 11) is -2.44. The SMILES string of the molecule is Cc1ccccc1S(=O)(=O)c1csc(S(=O)(=O)Cl)c1. The summed E-state index contributed by atoms with van der Waals surface area (Å²) in [6, 6.07) is 7.59. The van der Waals surface area contributed by atoms with Crippen LogP contribution < -0.4 is 0 Å². The molecule has 0 spiro atoms. The van der Waals surface area contributed by atoms with Crippen molar-refractivity contribution in [3.8, 4) is 0 Å². The summed E-state index contributed by atoms with van der Waals surface area (Å²) >= 11 is 0.785. The predicted octanol–water partition coefficient (Wildman–Crippen LogP) is 2.82. The maximum atomic E-state index is 12.4. The van der Waals surface area contributed by atoms with Gasteiger partial charge in [-0.05, 0) is 24.6 Å². The lowest BCUT2D eigenvalue weighted by Crippen LogP contribution is -2.02. The van der Waals surface area contributed by atoms with Crippen LogP contribution in [0.3, 0.4) is 0 Å². The fourth-order valence-corrected chi connectivity index (χ4v) is 5.46. The Kier molecular flexibility index (Phi) is 3.74. The number of thiophene rings is 1. The first-order valence-electron chi connectivity index (χ1n) is 5.07. The van der Waals surface area contributed by atoms with Crippen molar-refractivity contribution in [2.45, 2.75) is 20.9 Å². The molecule has 0 saturated carbocycles. The maximum absolute atomic E-state index is 12.4. The third-order valence-electron chi connectivity index (χ3n) is 2.49. The summed E-state index contributed by atoms with van der Waals surface area (Å²) in [4.78, 5) is 0.0948. The van der Waals surface area contributed by atoms with E-state index in [-0.39, 0.29) is 14.0 Å². The Hall–Kier alpha value is -0.890. The molecule has 2 aromatic rings. The van der Waals surface area contributed by atoms with Crippen LogP contribution in [0.1, 0.15) is 5.56 Å². The fraction of sp³-hybridized carbons (Fsp3) is 0.0909. The van der Waals surface area contributed by atoms with Crippen molar-refractivity contribution < 1.29 is 16.8 Å². The number of benzene rings is 1. The van der Waals surface area contributed by atoms with E-state index >= 15 is 0 Å². The van der Waals surface area contributed by atoms with E-state index in [1.807, 2.05) is 0 Å². The Morgan fingerprint density at radius 1 is 1.11 bits per heavy atom. The second-order valence-corrected chi connectivity index (χ2v) is 9.43. The van der Waals surface area contributed by atoms with Gasteiger partial charge in [-0.2, -0.15) is 0 Å². The van der Waals surface area contributed by atoms with E-state index in [0.29, 0.717) is 5.56 Å². The van der Waals surface area contributed by atoms with E-state index < -0.39 is 18.9 Å². The zero-order valence-electron chi connectivity index (χ0n) is 9.70. The first kappa shape index (κ1) is 14.5. The lowest BCUT2D eigenvalue weighted by molar-refractivity contribution is 0.595. The lowest BCUT2D eigenvalue weighted by Gasteiger charge is -2.05. The van der Waals surface area contributed by atoms with Gasteiger partial charge in [-0.3, -0.25) is 0 Å². The van der Waals surface area contributed by atoms with Gasteiger partial charge in [-0.1, -0.05) is 18.2 Å². The van der Waals surface area contributed by atoms with Crippen molar-refractivity contribution in [3.63, 3.8) is 0 Å². The molecular formula is C11H9ClO4S3. The van der Waals surface area contributed by atoms with Crippen LogP contribution in [0.25, 0.3) is 0 Å². The topological polar surface area (TPSA) is 68.3 Å². The van der Waals surface area contributed by atoms with Gasteiger partial charge in [0.05, 0.1) is 9.79 Å². The Bertz CT molecular complexity index is 819. The second-order valence-electron chi connectivity index (χ2n) is 3.81. The molecule has 4 nitrogen and oxygen atoms in total. The Morgan fingerprint density at radius 3 is 2.26 bits per heavy atom. The molecule has 0 atom stereocenters. The number of rotatable bonds is 3. The Labute approximate surface area is 120 Å². The Balaban J connectivity index is 2.59. The molecule has 19 heavy (non-hydrogen) atoms. The Morgan fingerprint density at radius 2 is 1.74 bits per heavy atom. The van der Waals surface area contributed by atoms with Gasteiger partial charge >= 0.3 is 0 Å². The summed E-state index contributed by atoms with van der Waals surface area (Å²) in [5, 5.41) is 1.27. The van der Waals surface area contributed by atoms with Crippen LogP contribution in [0.4, 0.5) is 0 Å². The molecule has 102 valence electrons. The molecular weight excluding hydrogens is 328 g/mol. The van der Waals surface area contributed by atoms with Crippen molar-refractivity contribution >= 4 is 40.9 Å². The average molecular weight is 337 g/mol. The van der Waals surface area contributed by atoms with Gasteiger partial charge in [0, 0.05) is 16.1 Å². The molecule has 0 aliphatic rings. The molecule has 0 radical (unpaired) electrons. The summed E-state index contributed by atoms with van der Waals surface area (Å²) in [6.45, 7) is 1.68. The molecule has 0 fully saturated rings. The van der Waals surface area contributed by atoms with Gasteiger partial charge in [0.1, 0.15) is 4.21 Å². The van der Waals surface area contributed by atoms with Crippen LogP contribution >= 0.6 is 22.0 Å². The van der Waals surface area contributed by atoms with Gasteiger partial charge in [0.15, 0.2) is 0 Å². The van der Waals surface area contributed by atoms with Crippen molar-refractivity contribution in [1.82, 2.24) is 0 Å². The van der Waals surface area contributed by atoms with E-state index in [4.69, 9.17) is 10.7 Å².